The highest BCUT2D eigenvalue weighted by Crippen LogP contribution is 2.10. The Labute approximate surface area is 80.7 Å². The Morgan fingerprint density at radius 1 is 1.46 bits per heavy atom. The molecule has 1 fully saturated rings. The first kappa shape index (κ1) is 10.5. The van der Waals surface area contributed by atoms with Crippen LogP contribution in [0.1, 0.15) is 26.7 Å². The molecular weight excluding hydrogens is 162 g/mol. The summed E-state index contributed by atoms with van der Waals surface area (Å²) in [7, 11) is 0. The largest absolute Gasteiger partial charge is 0.311 e. The van der Waals surface area contributed by atoms with Gasteiger partial charge in [-0.2, -0.15) is 5.26 Å². The van der Waals surface area contributed by atoms with Crippen LogP contribution in [0.25, 0.3) is 0 Å². The number of nitriles is 1. The first-order valence-corrected chi connectivity index (χ1v) is 5.16. The molecule has 1 aliphatic heterocycles. The van der Waals surface area contributed by atoms with E-state index in [2.05, 4.69) is 30.1 Å². The number of rotatable bonds is 3. The number of nitrogens with one attached hydrogen (secondary N) is 1. The van der Waals surface area contributed by atoms with Crippen LogP contribution in [0.15, 0.2) is 0 Å². The zero-order valence-electron chi connectivity index (χ0n) is 8.58. The molecule has 3 heteroatoms. The minimum Gasteiger partial charge on any atom is -0.311 e. The van der Waals surface area contributed by atoms with Crippen LogP contribution in [-0.4, -0.2) is 36.6 Å². The van der Waals surface area contributed by atoms with Crippen LogP contribution in [0.3, 0.4) is 0 Å². The van der Waals surface area contributed by atoms with Crippen LogP contribution in [0.5, 0.6) is 0 Å². The molecule has 0 spiro atoms. The van der Waals surface area contributed by atoms with Crippen LogP contribution in [0, 0.1) is 11.3 Å². The lowest BCUT2D eigenvalue weighted by Crippen LogP contribution is -2.56. The fourth-order valence-corrected chi connectivity index (χ4v) is 1.89. The molecule has 1 saturated heterocycles. The molecule has 0 aromatic heterocycles. The van der Waals surface area contributed by atoms with Gasteiger partial charge in [0.15, 0.2) is 0 Å². The maximum absolute atomic E-state index is 8.68. The standard InChI is InChI=1S/C10H19N3/c1-3-9-8-13(6-5-11)10(4-2)7-12-9/h9-10,12H,3-4,6-8H2,1-2H3. The van der Waals surface area contributed by atoms with Crippen LogP contribution in [0.4, 0.5) is 0 Å². The van der Waals surface area contributed by atoms with Crippen molar-refractivity contribution in [3.8, 4) is 6.07 Å². The minimum atomic E-state index is 0.558. The van der Waals surface area contributed by atoms with E-state index in [9.17, 15) is 0 Å². The average Bonchev–Trinajstić information content (AvgIpc) is 2.18. The van der Waals surface area contributed by atoms with Crippen LogP contribution < -0.4 is 5.32 Å². The lowest BCUT2D eigenvalue weighted by Gasteiger charge is -2.38. The summed E-state index contributed by atoms with van der Waals surface area (Å²) in [6, 6.07) is 3.38. The molecule has 13 heavy (non-hydrogen) atoms. The SMILES string of the molecule is CCC1CN(CC#N)C(CC)CN1. The second-order valence-electron chi connectivity index (χ2n) is 3.66. The maximum atomic E-state index is 8.68. The molecule has 74 valence electrons. The second kappa shape index (κ2) is 5.21. The molecule has 3 nitrogen and oxygen atoms in total. The zero-order valence-corrected chi connectivity index (χ0v) is 8.58. The Bertz CT molecular complexity index is 185. The molecule has 2 unspecified atom stereocenters. The van der Waals surface area contributed by atoms with Crippen molar-refractivity contribution in [1.29, 1.82) is 5.26 Å². The van der Waals surface area contributed by atoms with Gasteiger partial charge in [0, 0.05) is 25.2 Å². The predicted octanol–water partition coefficient (Wildman–Crippen LogP) is 0.972. The summed E-state index contributed by atoms with van der Waals surface area (Å²) < 4.78 is 0. The summed E-state index contributed by atoms with van der Waals surface area (Å²) in [4.78, 5) is 2.30. The lowest BCUT2D eigenvalue weighted by molar-refractivity contribution is 0.141. The normalized spacial score (nSPS) is 29.9. The predicted molar refractivity (Wildman–Crippen MR) is 53.3 cm³/mol. The second-order valence-corrected chi connectivity index (χ2v) is 3.66. The van der Waals surface area contributed by atoms with Crippen molar-refractivity contribution in [2.24, 2.45) is 0 Å². The Balaban J connectivity index is 2.48. The molecule has 0 saturated carbocycles. The van der Waals surface area contributed by atoms with E-state index in [1.165, 1.54) is 0 Å². The van der Waals surface area contributed by atoms with E-state index in [0.29, 0.717) is 18.6 Å². The molecule has 2 atom stereocenters. The third-order valence-corrected chi connectivity index (χ3v) is 2.85. The van der Waals surface area contributed by atoms with Gasteiger partial charge in [0.25, 0.3) is 0 Å². The molecule has 0 radical (unpaired) electrons. The Kier molecular flexibility index (Phi) is 4.20. The molecule has 1 aliphatic rings. The van der Waals surface area contributed by atoms with E-state index in [1.54, 1.807) is 0 Å². The van der Waals surface area contributed by atoms with Gasteiger partial charge in [-0.25, -0.2) is 0 Å². The number of hydrogen-bond donors (Lipinski definition) is 1. The minimum absolute atomic E-state index is 0.558. The average molecular weight is 181 g/mol. The number of piperazine rings is 1. The Morgan fingerprint density at radius 3 is 2.77 bits per heavy atom. The van der Waals surface area contributed by atoms with Crippen LogP contribution in [-0.2, 0) is 0 Å². The highest BCUT2D eigenvalue weighted by Gasteiger charge is 2.24. The molecule has 0 amide bonds. The van der Waals surface area contributed by atoms with Gasteiger partial charge >= 0.3 is 0 Å². The fourth-order valence-electron chi connectivity index (χ4n) is 1.89. The smallest absolute Gasteiger partial charge is 0.0869 e. The van der Waals surface area contributed by atoms with E-state index in [-0.39, 0.29) is 0 Å². The fraction of sp³-hybridized carbons (Fsp3) is 0.900. The monoisotopic (exact) mass is 181 g/mol. The van der Waals surface area contributed by atoms with Crippen molar-refractivity contribution in [1.82, 2.24) is 10.2 Å². The highest BCUT2D eigenvalue weighted by atomic mass is 15.2. The molecule has 0 aromatic carbocycles. The van der Waals surface area contributed by atoms with Crippen molar-refractivity contribution in [2.45, 2.75) is 38.8 Å². The Morgan fingerprint density at radius 2 is 2.23 bits per heavy atom. The lowest BCUT2D eigenvalue weighted by atomic mass is 10.1. The third kappa shape index (κ3) is 2.68. The van der Waals surface area contributed by atoms with E-state index >= 15 is 0 Å². The summed E-state index contributed by atoms with van der Waals surface area (Å²) in [5.74, 6) is 0. The molecule has 1 heterocycles. The van der Waals surface area contributed by atoms with E-state index < -0.39 is 0 Å². The topological polar surface area (TPSA) is 39.1 Å². The van der Waals surface area contributed by atoms with Gasteiger partial charge < -0.3 is 5.32 Å². The van der Waals surface area contributed by atoms with Crippen molar-refractivity contribution < 1.29 is 0 Å². The van der Waals surface area contributed by atoms with Gasteiger partial charge in [0.2, 0.25) is 0 Å². The number of nitrogens with zero attached hydrogens (tertiary/aromatic N) is 2. The molecule has 0 aliphatic carbocycles. The summed E-state index contributed by atoms with van der Waals surface area (Å²) in [6.07, 6.45) is 2.28. The van der Waals surface area contributed by atoms with E-state index in [0.717, 1.165) is 25.9 Å². The van der Waals surface area contributed by atoms with Crippen LogP contribution >= 0.6 is 0 Å². The first-order valence-electron chi connectivity index (χ1n) is 5.16. The van der Waals surface area contributed by atoms with Gasteiger partial charge in [-0.3, -0.25) is 4.90 Å². The summed E-state index contributed by atoms with van der Waals surface area (Å²) >= 11 is 0. The third-order valence-electron chi connectivity index (χ3n) is 2.85. The quantitative estimate of drug-likeness (QED) is 0.659. The maximum Gasteiger partial charge on any atom is 0.0869 e. The van der Waals surface area contributed by atoms with Crippen molar-refractivity contribution in [3.05, 3.63) is 0 Å². The van der Waals surface area contributed by atoms with Gasteiger partial charge in [0.05, 0.1) is 12.6 Å². The molecule has 0 bridgehead atoms. The zero-order chi connectivity index (χ0) is 9.68. The van der Waals surface area contributed by atoms with E-state index in [1.807, 2.05) is 0 Å². The van der Waals surface area contributed by atoms with Crippen molar-refractivity contribution in [2.75, 3.05) is 19.6 Å². The molecule has 0 aromatic rings. The van der Waals surface area contributed by atoms with Gasteiger partial charge in [-0.15, -0.1) is 0 Å². The molecule has 1 N–H and O–H groups in total. The summed E-state index contributed by atoms with van der Waals surface area (Å²) in [6.45, 7) is 7.02. The van der Waals surface area contributed by atoms with E-state index in [4.69, 9.17) is 5.26 Å². The summed E-state index contributed by atoms with van der Waals surface area (Å²) in [5, 5.41) is 12.2. The first-order chi connectivity index (χ1) is 6.31. The van der Waals surface area contributed by atoms with Crippen molar-refractivity contribution in [3.63, 3.8) is 0 Å². The number of hydrogen-bond acceptors (Lipinski definition) is 3. The van der Waals surface area contributed by atoms with Gasteiger partial charge in [0.1, 0.15) is 0 Å². The van der Waals surface area contributed by atoms with Crippen molar-refractivity contribution >= 4 is 0 Å². The van der Waals surface area contributed by atoms with Gasteiger partial charge in [-0.05, 0) is 12.8 Å². The van der Waals surface area contributed by atoms with Gasteiger partial charge in [-0.1, -0.05) is 13.8 Å². The van der Waals surface area contributed by atoms with Crippen LogP contribution in [0.2, 0.25) is 0 Å². The molecular formula is C10H19N3. The molecule has 1 rings (SSSR count). The highest BCUT2D eigenvalue weighted by molar-refractivity contribution is 4.89. The Hall–Kier alpha value is -0.590. The summed E-state index contributed by atoms with van der Waals surface area (Å²) in [5.41, 5.74) is 0.